The van der Waals surface area contributed by atoms with Crippen molar-refractivity contribution in [2.45, 2.75) is 37.5 Å². The van der Waals surface area contributed by atoms with E-state index in [0.29, 0.717) is 5.41 Å². The summed E-state index contributed by atoms with van der Waals surface area (Å²) in [7, 11) is 0. The van der Waals surface area contributed by atoms with Gasteiger partial charge in [0.05, 0.1) is 0 Å². The molecule has 0 bridgehead atoms. The number of hydrogen-bond donors (Lipinski definition) is 0. The van der Waals surface area contributed by atoms with Crippen LogP contribution in [-0.2, 0) is 5.41 Å². The van der Waals surface area contributed by atoms with E-state index in [1.165, 1.54) is 47.7 Å². The van der Waals surface area contributed by atoms with E-state index in [2.05, 4.69) is 58.4 Å². The first-order valence-corrected chi connectivity index (χ1v) is 8.01. The van der Waals surface area contributed by atoms with Gasteiger partial charge in [-0.25, -0.2) is 0 Å². The lowest BCUT2D eigenvalue weighted by Gasteiger charge is -2.35. The number of halogens is 1. The summed E-state index contributed by atoms with van der Waals surface area (Å²) in [5, 5.41) is 0. The number of hydrogen-bond acceptors (Lipinski definition) is 0. The van der Waals surface area contributed by atoms with Gasteiger partial charge in [0.15, 0.2) is 0 Å². The molecule has 4 rings (SSSR count). The van der Waals surface area contributed by atoms with E-state index in [-0.39, 0.29) is 0 Å². The summed E-state index contributed by atoms with van der Waals surface area (Å²) in [6.07, 6.45) is 6.74. The smallest absolute Gasteiger partial charge is 0.0256 e. The SMILES string of the molecule is Brc1cccc2c1-c1ccccc1C21CCCCC1. The normalized spacial score (nSPS) is 19.2. The monoisotopic (exact) mass is 312 g/mol. The van der Waals surface area contributed by atoms with Gasteiger partial charge in [0, 0.05) is 15.5 Å². The van der Waals surface area contributed by atoms with Gasteiger partial charge in [0.1, 0.15) is 0 Å². The third kappa shape index (κ3) is 1.51. The fourth-order valence-corrected chi connectivity index (χ4v) is 4.73. The maximum atomic E-state index is 3.77. The topological polar surface area (TPSA) is 0 Å². The Hall–Kier alpha value is -1.08. The lowest BCUT2D eigenvalue weighted by atomic mass is 9.68. The first-order valence-electron chi connectivity index (χ1n) is 7.22. The Morgan fingerprint density at radius 2 is 1.53 bits per heavy atom. The Kier molecular flexibility index (Phi) is 2.60. The average Bonchev–Trinajstić information content (AvgIpc) is 2.73. The molecule has 0 aliphatic heterocycles. The second kappa shape index (κ2) is 4.21. The molecule has 19 heavy (non-hydrogen) atoms. The van der Waals surface area contributed by atoms with Crippen molar-refractivity contribution in [3.05, 3.63) is 58.1 Å². The summed E-state index contributed by atoms with van der Waals surface area (Å²) in [6, 6.07) is 15.8. The average molecular weight is 313 g/mol. The Morgan fingerprint density at radius 3 is 2.37 bits per heavy atom. The van der Waals surface area contributed by atoms with Crippen LogP contribution in [0.4, 0.5) is 0 Å². The summed E-state index contributed by atoms with van der Waals surface area (Å²) in [5.41, 5.74) is 6.32. The standard InChI is InChI=1S/C18H17Br/c19-16-10-6-9-15-17(16)13-7-2-3-8-14(13)18(15)11-4-1-5-12-18/h2-3,6-10H,1,4-5,11-12H2. The van der Waals surface area contributed by atoms with Gasteiger partial charge in [-0.15, -0.1) is 0 Å². The van der Waals surface area contributed by atoms with Gasteiger partial charge < -0.3 is 0 Å². The highest BCUT2D eigenvalue weighted by atomic mass is 79.9. The van der Waals surface area contributed by atoms with Crippen LogP contribution in [-0.4, -0.2) is 0 Å². The molecule has 0 heterocycles. The molecule has 2 aliphatic carbocycles. The summed E-state index contributed by atoms with van der Waals surface area (Å²) < 4.78 is 1.25. The molecule has 1 heteroatoms. The number of fused-ring (bicyclic) bond motifs is 5. The third-order valence-electron chi connectivity index (χ3n) is 4.95. The van der Waals surface area contributed by atoms with Gasteiger partial charge in [-0.05, 0) is 35.6 Å². The zero-order valence-electron chi connectivity index (χ0n) is 11.0. The van der Waals surface area contributed by atoms with E-state index in [1.54, 1.807) is 11.1 Å². The summed E-state index contributed by atoms with van der Waals surface area (Å²) in [4.78, 5) is 0. The maximum Gasteiger partial charge on any atom is 0.0256 e. The van der Waals surface area contributed by atoms with Crippen molar-refractivity contribution in [2.24, 2.45) is 0 Å². The van der Waals surface area contributed by atoms with Gasteiger partial charge in [-0.1, -0.05) is 71.6 Å². The maximum absolute atomic E-state index is 3.77. The van der Waals surface area contributed by atoms with E-state index in [0.717, 1.165) is 0 Å². The molecule has 2 aliphatic rings. The first-order chi connectivity index (χ1) is 9.33. The summed E-state index contributed by atoms with van der Waals surface area (Å²) in [5.74, 6) is 0. The molecule has 0 aromatic heterocycles. The Labute approximate surface area is 123 Å². The zero-order valence-corrected chi connectivity index (χ0v) is 12.5. The van der Waals surface area contributed by atoms with Crippen LogP contribution in [0.15, 0.2) is 46.9 Å². The van der Waals surface area contributed by atoms with Gasteiger partial charge in [-0.3, -0.25) is 0 Å². The molecular formula is C18H17Br. The minimum absolute atomic E-state index is 0.300. The molecular weight excluding hydrogens is 296 g/mol. The molecule has 2 aromatic rings. The van der Waals surface area contributed by atoms with Crippen LogP contribution in [0.25, 0.3) is 11.1 Å². The second-order valence-electron chi connectivity index (χ2n) is 5.85. The zero-order chi connectivity index (χ0) is 12.9. The Balaban J connectivity index is 2.06. The molecule has 2 aromatic carbocycles. The van der Waals surface area contributed by atoms with Crippen LogP contribution in [0.2, 0.25) is 0 Å². The number of benzene rings is 2. The minimum atomic E-state index is 0.300. The molecule has 0 N–H and O–H groups in total. The highest BCUT2D eigenvalue weighted by molar-refractivity contribution is 9.10. The molecule has 96 valence electrons. The van der Waals surface area contributed by atoms with Gasteiger partial charge in [0.2, 0.25) is 0 Å². The Bertz CT molecular complexity index is 636. The van der Waals surface area contributed by atoms with E-state index in [4.69, 9.17) is 0 Å². The van der Waals surface area contributed by atoms with E-state index in [9.17, 15) is 0 Å². The van der Waals surface area contributed by atoms with Crippen molar-refractivity contribution >= 4 is 15.9 Å². The number of rotatable bonds is 0. The summed E-state index contributed by atoms with van der Waals surface area (Å²) >= 11 is 3.77. The van der Waals surface area contributed by atoms with Gasteiger partial charge in [-0.2, -0.15) is 0 Å². The predicted molar refractivity (Wildman–Crippen MR) is 83.4 cm³/mol. The third-order valence-corrected chi connectivity index (χ3v) is 5.61. The molecule has 0 nitrogen and oxygen atoms in total. The molecule has 1 fully saturated rings. The highest BCUT2D eigenvalue weighted by Gasteiger charge is 2.43. The molecule has 1 spiro atoms. The molecule has 0 atom stereocenters. The van der Waals surface area contributed by atoms with Crippen molar-refractivity contribution in [1.29, 1.82) is 0 Å². The van der Waals surface area contributed by atoms with Crippen LogP contribution in [0.3, 0.4) is 0 Å². The largest absolute Gasteiger partial charge is 0.0619 e. The lowest BCUT2D eigenvalue weighted by Crippen LogP contribution is -2.27. The van der Waals surface area contributed by atoms with E-state index < -0.39 is 0 Å². The molecule has 0 radical (unpaired) electrons. The molecule has 0 unspecified atom stereocenters. The minimum Gasteiger partial charge on any atom is -0.0619 e. The van der Waals surface area contributed by atoms with Crippen LogP contribution < -0.4 is 0 Å². The lowest BCUT2D eigenvalue weighted by molar-refractivity contribution is 0.353. The van der Waals surface area contributed by atoms with Crippen molar-refractivity contribution in [1.82, 2.24) is 0 Å². The van der Waals surface area contributed by atoms with Crippen molar-refractivity contribution in [3.8, 4) is 11.1 Å². The van der Waals surface area contributed by atoms with Crippen molar-refractivity contribution < 1.29 is 0 Å². The van der Waals surface area contributed by atoms with Crippen LogP contribution in [0.1, 0.15) is 43.2 Å². The van der Waals surface area contributed by atoms with Crippen LogP contribution in [0.5, 0.6) is 0 Å². The van der Waals surface area contributed by atoms with E-state index >= 15 is 0 Å². The quantitative estimate of drug-likeness (QED) is 0.587. The van der Waals surface area contributed by atoms with Gasteiger partial charge >= 0.3 is 0 Å². The first kappa shape index (κ1) is 11.7. The molecule has 0 amide bonds. The fourth-order valence-electron chi connectivity index (χ4n) is 4.15. The Morgan fingerprint density at radius 1 is 0.789 bits per heavy atom. The predicted octanol–water partition coefficient (Wildman–Crippen LogP) is 5.68. The molecule has 1 saturated carbocycles. The fraction of sp³-hybridized carbons (Fsp3) is 0.333. The van der Waals surface area contributed by atoms with Crippen molar-refractivity contribution in [3.63, 3.8) is 0 Å². The van der Waals surface area contributed by atoms with Crippen molar-refractivity contribution in [2.75, 3.05) is 0 Å². The van der Waals surface area contributed by atoms with Crippen LogP contribution >= 0.6 is 15.9 Å². The van der Waals surface area contributed by atoms with E-state index in [1.807, 2.05) is 0 Å². The molecule has 0 saturated heterocycles. The van der Waals surface area contributed by atoms with Crippen LogP contribution in [0, 0.1) is 0 Å². The van der Waals surface area contributed by atoms with Gasteiger partial charge in [0.25, 0.3) is 0 Å². The summed E-state index contributed by atoms with van der Waals surface area (Å²) in [6.45, 7) is 0. The second-order valence-corrected chi connectivity index (χ2v) is 6.71. The highest BCUT2D eigenvalue weighted by Crippen LogP contribution is 2.57.